The molecule has 0 saturated carbocycles. The van der Waals surface area contributed by atoms with Crippen LogP contribution in [0.3, 0.4) is 0 Å². The first kappa shape index (κ1) is 10.7. The number of aromatic amines is 1. The first-order valence-electron chi connectivity index (χ1n) is 5.12. The lowest BCUT2D eigenvalue weighted by Gasteiger charge is -2.16. The maximum absolute atomic E-state index is 11.7. The van der Waals surface area contributed by atoms with E-state index in [1.165, 1.54) is 0 Å². The van der Waals surface area contributed by atoms with Crippen LogP contribution in [0.5, 0.6) is 5.75 Å². The van der Waals surface area contributed by atoms with Gasteiger partial charge in [-0.3, -0.25) is 9.89 Å². The van der Waals surface area contributed by atoms with Crippen molar-refractivity contribution in [3.05, 3.63) is 24.4 Å². The van der Waals surface area contributed by atoms with Crippen molar-refractivity contribution >= 4 is 16.9 Å². The highest BCUT2D eigenvalue weighted by molar-refractivity contribution is 5.82. The molecule has 0 atom stereocenters. The second kappa shape index (κ2) is 3.63. The van der Waals surface area contributed by atoms with Gasteiger partial charge in [0.2, 0.25) is 0 Å². The van der Waals surface area contributed by atoms with Gasteiger partial charge in [-0.05, 0) is 39.0 Å². The summed E-state index contributed by atoms with van der Waals surface area (Å²) in [5.74, 6) is 0.309. The third-order valence-electron chi connectivity index (χ3n) is 2.23. The Kier molecular flexibility index (Phi) is 2.42. The number of carbonyl (C=O) groups excluding carboxylic acids is 1. The predicted octanol–water partition coefficient (Wildman–Crippen LogP) is 2.51. The normalized spacial score (nSPS) is 11.7. The molecule has 1 aromatic carbocycles. The van der Waals surface area contributed by atoms with Gasteiger partial charge in [0.05, 0.1) is 17.1 Å². The van der Waals surface area contributed by atoms with Crippen LogP contribution in [0.2, 0.25) is 0 Å². The van der Waals surface area contributed by atoms with Crippen LogP contribution in [0.1, 0.15) is 20.8 Å². The van der Waals surface area contributed by atoms with E-state index in [9.17, 15) is 4.79 Å². The Bertz CT molecular complexity index is 523. The fourth-order valence-electron chi connectivity index (χ4n) is 1.24. The van der Waals surface area contributed by atoms with Crippen molar-refractivity contribution in [2.45, 2.75) is 20.8 Å². The van der Waals surface area contributed by atoms with E-state index in [-0.39, 0.29) is 5.97 Å². The monoisotopic (exact) mass is 218 g/mol. The van der Waals surface area contributed by atoms with Crippen LogP contribution in [0.25, 0.3) is 10.9 Å². The van der Waals surface area contributed by atoms with E-state index in [1.807, 2.05) is 26.8 Å². The summed E-state index contributed by atoms with van der Waals surface area (Å²) in [4.78, 5) is 11.7. The molecule has 0 bridgehead atoms. The minimum atomic E-state index is -0.495. The Labute approximate surface area is 93.6 Å². The van der Waals surface area contributed by atoms with Gasteiger partial charge in [-0.1, -0.05) is 0 Å². The molecule has 84 valence electrons. The third kappa shape index (κ3) is 2.05. The average molecular weight is 218 g/mol. The smallest absolute Gasteiger partial charge is 0.316 e. The maximum atomic E-state index is 11.7. The predicted molar refractivity (Wildman–Crippen MR) is 61.2 cm³/mol. The molecule has 1 N–H and O–H groups in total. The van der Waals surface area contributed by atoms with Crippen LogP contribution < -0.4 is 4.74 Å². The average Bonchev–Trinajstić information content (AvgIpc) is 2.63. The van der Waals surface area contributed by atoms with Crippen molar-refractivity contribution in [1.29, 1.82) is 0 Å². The van der Waals surface area contributed by atoms with E-state index < -0.39 is 5.41 Å². The van der Waals surface area contributed by atoms with Gasteiger partial charge >= 0.3 is 5.97 Å². The van der Waals surface area contributed by atoms with Crippen LogP contribution in [0.15, 0.2) is 24.4 Å². The number of H-pyrrole nitrogens is 1. The minimum absolute atomic E-state index is 0.240. The van der Waals surface area contributed by atoms with E-state index in [0.29, 0.717) is 5.75 Å². The van der Waals surface area contributed by atoms with Gasteiger partial charge in [0, 0.05) is 5.39 Å². The summed E-state index contributed by atoms with van der Waals surface area (Å²) in [5.41, 5.74) is 0.432. The van der Waals surface area contributed by atoms with Gasteiger partial charge in [0.25, 0.3) is 0 Å². The number of hydrogen-bond acceptors (Lipinski definition) is 3. The Morgan fingerprint density at radius 3 is 2.81 bits per heavy atom. The Balaban J connectivity index is 2.24. The molecular formula is C12H14N2O2. The van der Waals surface area contributed by atoms with E-state index in [2.05, 4.69) is 10.2 Å². The summed E-state index contributed by atoms with van der Waals surface area (Å²) in [5, 5.41) is 7.67. The van der Waals surface area contributed by atoms with Crippen LogP contribution in [-0.4, -0.2) is 16.2 Å². The number of aromatic nitrogens is 2. The molecule has 0 radical (unpaired) electrons. The highest BCUT2D eigenvalue weighted by atomic mass is 16.5. The molecule has 0 aliphatic carbocycles. The SMILES string of the molecule is CC(C)(C)C(=O)Oc1ccc2[nH]ncc2c1. The Hall–Kier alpha value is -1.84. The van der Waals surface area contributed by atoms with Crippen LogP contribution >= 0.6 is 0 Å². The number of ether oxygens (including phenoxy) is 1. The summed E-state index contributed by atoms with van der Waals surface area (Å²) in [7, 11) is 0. The fraction of sp³-hybridized carbons (Fsp3) is 0.333. The first-order valence-corrected chi connectivity index (χ1v) is 5.12. The summed E-state index contributed by atoms with van der Waals surface area (Å²) in [6.07, 6.45) is 1.70. The van der Waals surface area contributed by atoms with Crippen LogP contribution in [-0.2, 0) is 4.79 Å². The van der Waals surface area contributed by atoms with E-state index in [1.54, 1.807) is 18.3 Å². The summed E-state index contributed by atoms with van der Waals surface area (Å²) in [6.45, 7) is 5.48. The van der Waals surface area contributed by atoms with E-state index in [0.717, 1.165) is 10.9 Å². The number of nitrogens with zero attached hydrogens (tertiary/aromatic N) is 1. The van der Waals surface area contributed by atoms with Crippen molar-refractivity contribution in [2.24, 2.45) is 5.41 Å². The molecule has 0 spiro atoms. The van der Waals surface area contributed by atoms with Gasteiger partial charge < -0.3 is 4.74 Å². The molecular weight excluding hydrogens is 204 g/mol. The van der Waals surface area contributed by atoms with Gasteiger partial charge in [-0.15, -0.1) is 0 Å². The highest BCUT2D eigenvalue weighted by Gasteiger charge is 2.23. The first-order chi connectivity index (χ1) is 7.47. The van der Waals surface area contributed by atoms with Crippen LogP contribution in [0.4, 0.5) is 0 Å². The largest absolute Gasteiger partial charge is 0.426 e. The van der Waals surface area contributed by atoms with Crippen LogP contribution in [0, 0.1) is 5.41 Å². The van der Waals surface area contributed by atoms with Gasteiger partial charge in [0.1, 0.15) is 5.75 Å². The lowest BCUT2D eigenvalue weighted by atomic mass is 9.97. The molecule has 4 heteroatoms. The highest BCUT2D eigenvalue weighted by Crippen LogP contribution is 2.22. The molecule has 0 aliphatic heterocycles. The second-order valence-electron chi connectivity index (χ2n) is 4.76. The fourth-order valence-corrected chi connectivity index (χ4v) is 1.24. The van der Waals surface area contributed by atoms with Crippen molar-refractivity contribution in [1.82, 2.24) is 10.2 Å². The van der Waals surface area contributed by atoms with Crippen molar-refractivity contribution in [3.8, 4) is 5.75 Å². The molecule has 0 fully saturated rings. The zero-order chi connectivity index (χ0) is 11.8. The lowest BCUT2D eigenvalue weighted by Crippen LogP contribution is -2.25. The van der Waals surface area contributed by atoms with E-state index in [4.69, 9.17) is 4.74 Å². The number of rotatable bonds is 1. The lowest BCUT2D eigenvalue weighted by molar-refractivity contribution is -0.142. The molecule has 2 rings (SSSR count). The molecule has 1 aromatic heterocycles. The number of fused-ring (bicyclic) bond motifs is 1. The van der Waals surface area contributed by atoms with E-state index >= 15 is 0 Å². The molecule has 0 saturated heterocycles. The molecule has 0 amide bonds. The molecule has 16 heavy (non-hydrogen) atoms. The van der Waals surface area contributed by atoms with Crippen molar-refractivity contribution < 1.29 is 9.53 Å². The quantitative estimate of drug-likeness (QED) is 0.591. The Morgan fingerprint density at radius 1 is 1.38 bits per heavy atom. The summed E-state index contributed by atoms with van der Waals surface area (Å²) < 4.78 is 5.28. The molecule has 0 aliphatic rings. The topological polar surface area (TPSA) is 55.0 Å². The number of hydrogen-bond donors (Lipinski definition) is 1. The number of nitrogens with one attached hydrogen (secondary N) is 1. The standard InChI is InChI=1S/C12H14N2O2/c1-12(2,3)11(15)16-9-4-5-10-8(6-9)7-13-14-10/h4-7H,1-3H3,(H,13,14). The zero-order valence-electron chi connectivity index (χ0n) is 9.57. The third-order valence-corrected chi connectivity index (χ3v) is 2.23. The van der Waals surface area contributed by atoms with Gasteiger partial charge in [-0.2, -0.15) is 5.10 Å². The number of benzene rings is 1. The maximum Gasteiger partial charge on any atom is 0.316 e. The Morgan fingerprint density at radius 2 is 2.12 bits per heavy atom. The van der Waals surface area contributed by atoms with Gasteiger partial charge in [-0.25, -0.2) is 0 Å². The molecule has 4 nitrogen and oxygen atoms in total. The molecule has 2 aromatic rings. The minimum Gasteiger partial charge on any atom is -0.426 e. The number of carbonyl (C=O) groups is 1. The van der Waals surface area contributed by atoms with Crippen molar-refractivity contribution in [3.63, 3.8) is 0 Å². The van der Waals surface area contributed by atoms with Crippen molar-refractivity contribution in [2.75, 3.05) is 0 Å². The second-order valence-corrected chi connectivity index (χ2v) is 4.76. The summed E-state index contributed by atoms with van der Waals surface area (Å²) >= 11 is 0. The molecule has 1 heterocycles. The number of esters is 1. The summed E-state index contributed by atoms with van der Waals surface area (Å²) in [6, 6.07) is 5.39. The molecule has 0 unspecified atom stereocenters. The zero-order valence-corrected chi connectivity index (χ0v) is 9.57. The van der Waals surface area contributed by atoms with Gasteiger partial charge in [0.15, 0.2) is 0 Å².